The van der Waals surface area contributed by atoms with E-state index in [0.29, 0.717) is 5.75 Å². The lowest BCUT2D eigenvalue weighted by Crippen LogP contribution is -2.72. The van der Waals surface area contributed by atoms with Gasteiger partial charge in [-0.1, -0.05) is 11.8 Å². The van der Waals surface area contributed by atoms with Crippen molar-refractivity contribution < 1.29 is 28.7 Å². The number of carbonyl (C=O) groups is 4. The Morgan fingerprint density at radius 2 is 1.92 bits per heavy atom. The highest BCUT2D eigenvalue weighted by atomic mass is 32.2. The average molecular weight is 392 g/mol. The van der Waals surface area contributed by atoms with Crippen LogP contribution in [0.4, 0.5) is 0 Å². The molecule has 0 unspecified atom stereocenters. The molecule has 24 heavy (non-hydrogen) atoms. The minimum atomic E-state index is -1.93. The van der Waals surface area contributed by atoms with Crippen LogP contribution in [0.1, 0.15) is 6.92 Å². The minimum absolute atomic E-state index is 0.114. The van der Waals surface area contributed by atoms with Gasteiger partial charge in [-0.05, 0) is 26.6 Å². The first-order chi connectivity index (χ1) is 11.0. The normalized spacial score (nSPS) is 29.2. The number of thioether (sulfide) groups is 2. The number of hydrogen-bond donors (Lipinski definition) is 1. The van der Waals surface area contributed by atoms with Crippen LogP contribution >= 0.6 is 23.5 Å². The van der Waals surface area contributed by atoms with Gasteiger partial charge in [-0.15, -0.1) is 11.8 Å². The van der Waals surface area contributed by atoms with E-state index >= 15 is 0 Å². The summed E-state index contributed by atoms with van der Waals surface area (Å²) in [5.74, 6) is -2.80. The number of aliphatic carboxylic acids is 1. The standard InChI is InChI=1S/C14H21NO6S2Si/c1-7(21-24(2,3)4)8-9(10-14(20)23-6-5-22-10)15(11(8)16)12(17)13(18)19/h7-10H,5-6H2,1-4H3,(H,18,19)/t7-,8-,9+,10+/m1/s1. The number of hydrogen-bond acceptors (Lipinski definition) is 7. The molecule has 7 nitrogen and oxygen atoms in total. The highest BCUT2D eigenvalue weighted by molar-refractivity contribution is 8.18. The summed E-state index contributed by atoms with van der Waals surface area (Å²) >= 11 is 2.54. The SMILES string of the molecule is C[C@@H](O[Si](C)(C)C)[C@H]1C(=O)N(C(=O)C(=O)O)[C@@H]1[C@@H]1SCCSC1=O. The molecule has 0 aromatic carbocycles. The van der Waals surface area contributed by atoms with Crippen molar-refractivity contribution in [2.45, 2.75) is 44.0 Å². The zero-order valence-electron chi connectivity index (χ0n) is 14.0. The van der Waals surface area contributed by atoms with Crippen LogP contribution in [0.3, 0.4) is 0 Å². The first kappa shape index (κ1) is 19.5. The van der Waals surface area contributed by atoms with Crippen LogP contribution < -0.4 is 0 Å². The van der Waals surface area contributed by atoms with Gasteiger partial charge in [0.25, 0.3) is 0 Å². The number of carboxylic acid groups (broad SMARTS) is 1. The number of amides is 2. The van der Waals surface area contributed by atoms with E-state index in [1.165, 1.54) is 23.5 Å². The zero-order valence-corrected chi connectivity index (χ0v) is 16.6. The van der Waals surface area contributed by atoms with Crippen LogP contribution in [-0.2, 0) is 23.6 Å². The van der Waals surface area contributed by atoms with Gasteiger partial charge in [0.15, 0.2) is 8.32 Å². The average Bonchev–Trinajstić information content (AvgIpc) is 2.43. The minimum Gasteiger partial charge on any atom is -0.474 e. The Labute approximate surface area is 150 Å². The van der Waals surface area contributed by atoms with Gasteiger partial charge in [0, 0.05) is 11.5 Å². The monoisotopic (exact) mass is 391 g/mol. The Morgan fingerprint density at radius 1 is 1.29 bits per heavy atom. The molecular weight excluding hydrogens is 370 g/mol. The predicted octanol–water partition coefficient (Wildman–Crippen LogP) is 1.04. The third-order valence-corrected chi connectivity index (χ3v) is 7.53. The van der Waals surface area contributed by atoms with Crippen molar-refractivity contribution in [2.24, 2.45) is 5.92 Å². The summed E-state index contributed by atoms with van der Waals surface area (Å²) in [4.78, 5) is 48.3. The van der Waals surface area contributed by atoms with Crippen molar-refractivity contribution in [3.05, 3.63) is 0 Å². The fraction of sp³-hybridized carbons (Fsp3) is 0.714. The number of likely N-dealkylation sites (tertiary alicyclic amines) is 1. The van der Waals surface area contributed by atoms with E-state index in [4.69, 9.17) is 9.53 Å². The highest BCUT2D eigenvalue weighted by Gasteiger charge is 2.59. The summed E-state index contributed by atoms with van der Waals surface area (Å²) < 4.78 is 5.96. The number of nitrogens with zero attached hydrogens (tertiary/aromatic N) is 1. The molecule has 2 aliphatic heterocycles. The Balaban J connectivity index is 2.28. The number of carboxylic acids is 1. The number of imide groups is 1. The number of carbonyl (C=O) groups excluding carboxylic acids is 3. The van der Waals surface area contributed by atoms with E-state index in [1.807, 2.05) is 19.6 Å². The van der Waals surface area contributed by atoms with E-state index in [9.17, 15) is 19.2 Å². The van der Waals surface area contributed by atoms with Crippen molar-refractivity contribution in [1.82, 2.24) is 4.90 Å². The molecule has 1 N–H and O–H groups in total. The van der Waals surface area contributed by atoms with Gasteiger partial charge in [0.1, 0.15) is 0 Å². The Morgan fingerprint density at radius 3 is 2.42 bits per heavy atom. The molecule has 0 aromatic rings. The molecule has 2 heterocycles. The molecule has 2 saturated heterocycles. The van der Waals surface area contributed by atoms with Crippen molar-refractivity contribution in [2.75, 3.05) is 11.5 Å². The third-order valence-electron chi connectivity index (χ3n) is 3.80. The topological polar surface area (TPSA) is 101 Å². The molecule has 0 bridgehead atoms. The number of rotatable bonds is 4. The lowest BCUT2D eigenvalue weighted by atomic mass is 9.81. The van der Waals surface area contributed by atoms with Gasteiger partial charge < -0.3 is 9.53 Å². The lowest BCUT2D eigenvalue weighted by molar-refractivity contribution is -0.177. The second-order valence-corrected chi connectivity index (χ2v) is 13.5. The molecule has 134 valence electrons. The summed E-state index contributed by atoms with van der Waals surface area (Å²) in [6.07, 6.45) is -0.465. The first-order valence-electron chi connectivity index (χ1n) is 7.61. The molecule has 0 spiro atoms. The first-order valence-corrected chi connectivity index (χ1v) is 13.0. The van der Waals surface area contributed by atoms with E-state index < -0.39 is 49.4 Å². The van der Waals surface area contributed by atoms with Gasteiger partial charge in [-0.25, -0.2) is 4.79 Å². The smallest absolute Gasteiger partial charge is 0.395 e. The second-order valence-electron chi connectivity index (χ2n) is 6.73. The quantitative estimate of drug-likeness (QED) is 0.431. The molecule has 2 fully saturated rings. The molecule has 10 heteroatoms. The summed E-state index contributed by atoms with van der Waals surface area (Å²) in [7, 11) is -1.93. The van der Waals surface area contributed by atoms with Crippen molar-refractivity contribution in [3.63, 3.8) is 0 Å². The van der Waals surface area contributed by atoms with Crippen molar-refractivity contribution in [3.8, 4) is 0 Å². The van der Waals surface area contributed by atoms with E-state index in [2.05, 4.69) is 0 Å². The fourth-order valence-electron chi connectivity index (χ4n) is 3.01. The predicted molar refractivity (Wildman–Crippen MR) is 94.4 cm³/mol. The molecule has 0 aromatic heterocycles. The maximum absolute atomic E-state index is 12.4. The van der Waals surface area contributed by atoms with Gasteiger partial charge in [0.05, 0.1) is 23.3 Å². The maximum atomic E-state index is 12.4. The van der Waals surface area contributed by atoms with E-state index in [0.717, 1.165) is 10.7 Å². The summed E-state index contributed by atoms with van der Waals surface area (Å²) in [5, 5.41) is 8.26. The second kappa shape index (κ2) is 7.18. The van der Waals surface area contributed by atoms with E-state index in [-0.39, 0.29) is 5.12 Å². The fourth-order valence-corrected chi connectivity index (χ4v) is 6.78. The van der Waals surface area contributed by atoms with Gasteiger partial charge >= 0.3 is 11.9 Å². The van der Waals surface area contributed by atoms with Gasteiger partial charge in [0.2, 0.25) is 11.0 Å². The van der Waals surface area contributed by atoms with Crippen LogP contribution in [0, 0.1) is 5.92 Å². The summed E-state index contributed by atoms with van der Waals surface area (Å²) in [5.41, 5.74) is 0. The molecule has 2 rings (SSSR count). The summed E-state index contributed by atoms with van der Waals surface area (Å²) in [6.45, 7) is 7.70. The largest absolute Gasteiger partial charge is 0.474 e. The van der Waals surface area contributed by atoms with Crippen LogP contribution in [0.15, 0.2) is 0 Å². The molecule has 0 saturated carbocycles. The van der Waals surface area contributed by atoms with Crippen LogP contribution in [-0.4, -0.2) is 70.1 Å². The molecule has 0 aliphatic carbocycles. The Hall–Kier alpha value is -0.843. The van der Waals surface area contributed by atoms with Gasteiger partial charge in [-0.3, -0.25) is 19.3 Å². The van der Waals surface area contributed by atoms with Crippen LogP contribution in [0.5, 0.6) is 0 Å². The zero-order chi connectivity index (χ0) is 18.2. The Kier molecular flexibility index (Phi) is 5.83. The van der Waals surface area contributed by atoms with E-state index in [1.54, 1.807) is 6.92 Å². The number of β-lactam (4-membered cyclic amide) rings is 1. The molecule has 4 atom stereocenters. The lowest BCUT2D eigenvalue weighted by Gasteiger charge is -2.50. The van der Waals surface area contributed by atoms with Crippen LogP contribution in [0.2, 0.25) is 19.6 Å². The van der Waals surface area contributed by atoms with Crippen LogP contribution in [0.25, 0.3) is 0 Å². The van der Waals surface area contributed by atoms with Gasteiger partial charge in [-0.2, -0.15) is 0 Å². The third kappa shape index (κ3) is 3.87. The highest BCUT2D eigenvalue weighted by Crippen LogP contribution is 2.41. The molecule has 2 amide bonds. The van der Waals surface area contributed by atoms with Crippen molar-refractivity contribution >= 4 is 54.7 Å². The maximum Gasteiger partial charge on any atom is 0.395 e. The molecule has 0 radical (unpaired) electrons. The molecular formula is C14H21NO6S2Si. The Bertz CT molecular complexity index is 578. The molecule has 2 aliphatic rings. The van der Waals surface area contributed by atoms with Crippen molar-refractivity contribution in [1.29, 1.82) is 0 Å². The summed E-state index contributed by atoms with van der Waals surface area (Å²) in [6, 6.07) is -0.752.